The highest BCUT2D eigenvalue weighted by Gasteiger charge is 2.44. The van der Waals surface area contributed by atoms with Crippen molar-refractivity contribution in [3.05, 3.63) is 28.8 Å². The predicted octanol–water partition coefficient (Wildman–Crippen LogP) is 0.619. The number of sulfonamides is 1. The number of hydrogen-bond donors (Lipinski definition) is 1. The third-order valence-corrected chi connectivity index (χ3v) is 6.68. The molecule has 1 aliphatic carbocycles. The number of benzene rings is 1. The summed E-state index contributed by atoms with van der Waals surface area (Å²) < 4.78 is 38.1. The number of aryl methyl sites for hydroxylation is 1. The summed E-state index contributed by atoms with van der Waals surface area (Å²) in [6.45, 7) is 0.700. The molecule has 0 unspecified atom stereocenters. The van der Waals surface area contributed by atoms with Gasteiger partial charge in [-0.15, -0.1) is 0 Å². The molecule has 1 aromatic carbocycles. The first-order chi connectivity index (χ1) is 11.0. The molecule has 0 saturated carbocycles. The summed E-state index contributed by atoms with van der Waals surface area (Å²) in [5.41, 5.74) is 1.61. The third-order valence-electron chi connectivity index (χ3n) is 4.79. The lowest BCUT2D eigenvalue weighted by molar-refractivity contribution is 0.0244. The molecule has 0 aromatic heterocycles. The van der Waals surface area contributed by atoms with Gasteiger partial charge in [-0.2, -0.15) is 4.31 Å². The number of carboxylic acids is 1. The van der Waals surface area contributed by atoms with Crippen molar-refractivity contribution in [1.29, 1.82) is 0 Å². The second-order valence-electron chi connectivity index (χ2n) is 6.12. The molecule has 0 radical (unpaired) electrons. The summed E-state index contributed by atoms with van der Waals surface area (Å²) in [6.07, 6.45) is 1.76. The Balaban J connectivity index is 1.76. The summed E-state index contributed by atoms with van der Waals surface area (Å²) >= 11 is 0. The second-order valence-corrected chi connectivity index (χ2v) is 8.03. The standard InChI is InChI=1S/C15H17NO6S/c17-15(18)10-4-9-2-1-3-11(9)14(5-10)23(19,20)16-6-12-13(7-16)22-8-21-12/h4-5,12-13H,1-3,6-8H2,(H,17,18)/t12-,13+. The van der Waals surface area contributed by atoms with Gasteiger partial charge in [0.05, 0.1) is 10.5 Å². The smallest absolute Gasteiger partial charge is 0.335 e. The zero-order valence-corrected chi connectivity index (χ0v) is 13.2. The Morgan fingerprint density at radius 3 is 2.52 bits per heavy atom. The van der Waals surface area contributed by atoms with Crippen LogP contribution in [0, 0.1) is 0 Å². The number of fused-ring (bicyclic) bond motifs is 2. The van der Waals surface area contributed by atoms with Crippen molar-refractivity contribution in [3.63, 3.8) is 0 Å². The van der Waals surface area contributed by atoms with E-state index >= 15 is 0 Å². The molecule has 2 saturated heterocycles. The summed E-state index contributed by atoms with van der Waals surface area (Å²) in [5, 5.41) is 9.25. The maximum absolute atomic E-state index is 13.0. The van der Waals surface area contributed by atoms with Gasteiger partial charge in [-0.3, -0.25) is 0 Å². The molecule has 0 amide bonds. The molecular formula is C15H17NO6S. The average molecular weight is 339 g/mol. The SMILES string of the molecule is O=C(O)c1cc2c(c(S(=O)(=O)N3C[C@@H]4OCO[C@@H]4C3)c1)CCC2. The molecule has 2 atom stereocenters. The van der Waals surface area contributed by atoms with Crippen molar-refractivity contribution in [3.8, 4) is 0 Å². The molecule has 7 nitrogen and oxygen atoms in total. The molecule has 4 rings (SSSR count). The van der Waals surface area contributed by atoms with E-state index < -0.39 is 16.0 Å². The fraction of sp³-hybridized carbons (Fsp3) is 0.533. The van der Waals surface area contributed by atoms with Crippen LogP contribution in [-0.2, 0) is 32.3 Å². The maximum Gasteiger partial charge on any atom is 0.335 e. The molecule has 0 spiro atoms. The summed E-state index contributed by atoms with van der Waals surface area (Å²) in [5.74, 6) is -1.11. The van der Waals surface area contributed by atoms with Crippen molar-refractivity contribution in [2.45, 2.75) is 36.4 Å². The van der Waals surface area contributed by atoms with Gasteiger partial charge in [0.25, 0.3) is 0 Å². The van der Waals surface area contributed by atoms with E-state index in [0.29, 0.717) is 6.42 Å². The van der Waals surface area contributed by atoms with Gasteiger partial charge in [0.2, 0.25) is 10.0 Å². The number of nitrogens with zero attached hydrogens (tertiary/aromatic N) is 1. The fourth-order valence-corrected chi connectivity index (χ4v) is 5.38. The Hall–Kier alpha value is -1.48. The van der Waals surface area contributed by atoms with Crippen LogP contribution >= 0.6 is 0 Å². The van der Waals surface area contributed by atoms with E-state index in [0.717, 1.165) is 24.0 Å². The first-order valence-electron chi connectivity index (χ1n) is 7.59. The average Bonchev–Trinajstić information content (AvgIpc) is 3.20. The molecule has 23 heavy (non-hydrogen) atoms. The van der Waals surface area contributed by atoms with Crippen LogP contribution in [0.3, 0.4) is 0 Å². The van der Waals surface area contributed by atoms with Gasteiger partial charge >= 0.3 is 5.97 Å². The zero-order chi connectivity index (χ0) is 16.2. The fourth-order valence-electron chi connectivity index (χ4n) is 3.60. The van der Waals surface area contributed by atoms with E-state index in [4.69, 9.17) is 9.47 Å². The predicted molar refractivity (Wildman–Crippen MR) is 78.8 cm³/mol. The zero-order valence-electron chi connectivity index (χ0n) is 12.4. The first kappa shape index (κ1) is 15.1. The molecule has 1 N–H and O–H groups in total. The normalized spacial score (nSPS) is 27.1. The van der Waals surface area contributed by atoms with E-state index in [2.05, 4.69) is 0 Å². The van der Waals surface area contributed by atoms with Crippen molar-refractivity contribution in [2.75, 3.05) is 19.9 Å². The molecule has 0 bridgehead atoms. The molecule has 2 fully saturated rings. The van der Waals surface area contributed by atoms with Gasteiger partial charge in [-0.1, -0.05) is 0 Å². The monoisotopic (exact) mass is 339 g/mol. The Morgan fingerprint density at radius 2 is 1.87 bits per heavy atom. The lowest BCUT2D eigenvalue weighted by Crippen LogP contribution is -2.32. The number of carboxylic acid groups (broad SMARTS) is 1. The van der Waals surface area contributed by atoms with E-state index in [9.17, 15) is 18.3 Å². The van der Waals surface area contributed by atoms with Crippen molar-refractivity contribution in [2.24, 2.45) is 0 Å². The minimum atomic E-state index is -3.75. The van der Waals surface area contributed by atoms with Gasteiger partial charge in [0, 0.05) is 13.1 Å². The highest BCUT2D eigenvalue weighted by atomic mass is 32.2. The summed E-state index contributed by atoms with van der Waals surface area (Å²) in [4.78, 5) is 11.4. The van der Waals surface area contributed by atoms with E-state index in [1.54, 1.807) is 6.07 Å². The minimum Gasteiger partial charge on any atom is -0.478 e. The van der Waals surface area contributed by atoms with Crippen LogP contribution in [0.25, 0.3) is 0 Å². The topological polar surface area (TPSA) is 93.1 Å². The number of carbonyl (C=O) groups is 1. The Bertz CT molecular complexity index is 762. The number of hydrogen-bond acceptors (Lipinski definition) is 5. The van der Waals surface area contributed by atoms with Gasteiger partial charge in [0.1, 0.15) is 19.0 Å². The van der Waals surface area contributed by atoms with Crippen LogP contribution in [0.15, 0.2) is 17.0 Å². The molecule has 1 aromatic rings. The lowest BCUT2D eigenvalue weighted by atomic mass is 10.1. The van der Waals surface area contributed by atoms with Crippen LogP contribution in [0.4, 0.5) is 0 Å². The Labute approximate surface area is 133 Å². The Morgan fingerprint density at radius 1 is 1.17 bits per heavy atom. The maximum atomic E-state index is 13.0. The van der Waals surface area contributed by atoms with Crippen LogP contribution in [0.5, 0.6) is 0 Å². The highest BCUT2D eigenvalue weighted by molar-refractivity contribution is 7.89. The number of ether oxygens (including phenoxy) is 2. The molecule has 2 heterocycles. The van der Waals surface area contributed by atoms with E-state index in [1.807, 2.05) is 0 Å². The van der Waals surface area contributed by atoms with Crippen LogP contribution in [0.1, 0.15) is 27.9 Å². The quantitative estimate of drug-likeness (QED) is 0.868. The second kappa shape index (κ2) is 5.27. The highest BCUT2D eigenvalue weighted by Crippen LogP contribution is 2.34. The lowest BCUT2D eigenvalue weighted by Gasteiger charge is -2.19. The van der Waals surface area contributed by atoms with Gasteiger partial charge < -0.3 is 14.6 Å². The first-order valence-corrected chi connectivity index (χ1v) is 9.03. The van der Waals surface area contributed by atoms with Crippen molar-refractivity contribution < 1.29 is 27.8 Å². The number of rotatable bonds is 3. The van der Waals surface area contributed by atoms with Gasteiger partial charge in [-0.25, -0.2) is 13.2 Å². The molecule has 8 heteroatoms. The van der Waals surface area contributed by atoms with E-state index in [-0.39, 0.29) is 42.5 Å². The van der Waals surface area contributed by atoms with Crippen molar-refractivity contribution in [1.82, 2.24) is 4.31 Å². The third kappa shape index (κ3) is 2.37. The van der Waals surface area contributed by atoms with Gasteiger partial charge in [-0.05, 0) is 42.5 Å². The minimum absolute atomic E-state index is 0.0242. The molecular weight excluding hydrogens is 322 g/mol. The molecule has 124 valence electrons. The van der Waals surface area contributed by atoms with Crippen LogP contribution < -0.4 is 0 Å². The summed E-state index contributed by atoms with van der Waals surface area (Å²) in [7, 11) is -3.75. The molecule has 3 aliphatic rings. The Kier molecular flexibility index (Phi) is 3.45. The largest absolute Gasteiger partial charge is 0.478 e. The number of aromatic carboxylic acids is 1. The van der Waals surface area contributed by atoms with E-state index in [1.165, 1.54) is 10.4 Å². The molecule has 2 aliphatic heterocycles. The van der Waals surface area contributed by atoms with Crippen molar-refractivity contribution >= 4 is 16.0 Å². The van der Waals surface area contributed by atoms with Gasteiger partial charge in [0.15, 0.2) is 0 Å². The summed E-state index contributed by atoms with van der Waals surface area (Å²) in [6, 6.07) is 2.88. The van der Waals surface area contributed by atoms with Crippen LogP contribution in [-0.4, -0.2) is 55.9 Å². The van der Waals surface area contributed by atoms with Crippen LogP contribution in [0.2, 0.25) is 0 Å².